The van der Waals surface area contributed by atoms with Crippen LogP contribution >= 0.6 is 0 Å². The van der Waals surface area contributed by atoms with Crippen LogP contribution in [0.3, 0.4) is 0 Å². The summed E-state index contributed by atoms with van der Waals surface area (Å²) in [7, 11) is 3.13. The van der Waals surface area contributed by atoms with Gasteiger partial charge in [0.25, 0.3) is 5.91 Å². The van der Waals surface area contributed by atoms with Crippen molar-refractivity contribution in [1.82, 2.24) is 19.8 Å². The maximum Gasteiger partial charge on any atom is 0.253 e. The molecule has 0 radical (unpaired) electrons. The number of nitrogen functional groups attached to an aromatic ring is 1. The smallest absolute Gasteiger partial charge is 0.253 e. The van der Waals surface area contributed by atoms with Crippen LogP contribution in [-0.2, 0) is 6.61 Å². The van der Waals surface area contributed by atoms with E-state index >= 15 is 0 Å². The Morgan fingerprint density at radius 2 is 1.68 bits per heavy atom. The number of nitrogens with zero attached hydrogens (tertiary/aromatic N) is 4. The monoisotopic (exact) mass is 517 g/mol. The zero-order valence-corrected chi connectivity index (χ0v) is 22.1. The normalized spacial score (nSPS) is 16.4. The minimum Gasteiger partial charge on any atom is -0.493 e. The van der Waals surface area contributed by atoms with E-state index in [2.05, 4.69) is 14.9 Å². The lowest BCUT2D eigenvalue weighted by Gasteiger charge is -2.36. The molecular weight excluding hydrogens is 482 g/mol. The topological polar surface area (TPSA) is 103 Å². The number of hydrogen-bond donors (Lipinski definition) is 1. The summed E-state index contributed by atoms with van der Waals surface area (Å²) < 4.78 is 16.7. The van der Waals surface area contributed by atoms with Crippen molar-refractivity contribution in [3.05, 3.63) is 60.0 Å². The van der Waals surface area contributed by atoms with Gasteiger partial charge < -0.3 is 29.7 Å². The summed E-state index contributed by atoms with van der Waals surface area (Å²) in [6, 6.07) is 11.8. The van der Waals surface area contributed by atoms with Gasteiger partial charge in [-0.15, -0.1) is 0 Å². The van der Waals surface area contributed by atoms with Crippen LogP contribution in [0, 0.1) is 0 Å². The van der Waals surface area contributed by atoms with Gasteiger partial charge in [-0.1, -0.05) is 12.1 Å². The highest BCUT2D eigenvalue weighted by Gasteiger charge is 2.28. The van der Waals surface area contributed by atoms with Crippen LogP contribution in [-0.4, -0.2) is 72.1 Å². The molecule has 9 heteroatoms. The number of benzene rings is 1. The first-order valence-corrected chi connectivity index (χ1v) is 13.2. The molecule has 0 unspecified atom stereocenters. The summed E-state index contributed by atoms with van der Waals surface area (Å²) in [5.41, 5.74) is 9.13. The molecule has 0 bridgehead atoms. The molecule has 3 aromatic rings. The fourth-order valence-corrected chi connectivity index (χ4v) is 5.36. The SMILES string of the molecule is COc1ccnc(COc2cc(-c3ccc(C(=O)N4CCC(N5CCCC5)CC4)cc3)cnc2N)c1OC. The number of ether oxygens (including phenoxy) is 3. The Morgan fingerprint density at radius 1 is 0.947 bits per heavy atom. The van der Waals surface area contributed by atoms with Gasteiger partial charge in [0, 0.05) is 48.7 Å². The van der Waals surface area contributed by atoms with Crippen LogP contribution in [0.15, 0.2) is 48.8 Å². The largest absolute Gasteiger partial charge is 0.493 e. The van der Waals surface area contributed by atoms with Gasteiger partial charge in [-0.05, 0) is 62.5 Å². The molecule has 200 valence electrons. The standard InChI is InChI=1S/C29H35N5O4/c1-36-25-9-12-31-24(27(25)37-2)19-38-26-17-22(18-32-28(26)30)20-5-7-21(8-6-20)29(35)34-15-10-23(11-16-34)33-13-3-4-14-33/h5-9,12,17-18,23H,3-4,10-11,13-16,19H2,1-2H3,(H2,30,32). The number of likely N-dealkylation sites (tertiary alicyclic amines) is 2. The van der Waals surface area contributed by atoms with Gasteiger partial charge in [0.1, 0.15) is 12.3 Å². The van der Waals surface area contributed by atoms with Crippen molar-refractivity contribution in [3.63, 3.8) is 0 Å². The average Bonchev–Trinajstić information content (AvgIpc) is 3.51. The minimum absolute atomic E-state index is 0.0932. The van der Waals surface area contributed by atoms with E-state index in [0.29, 0.717) is 34.5 Å². The van der Waals surface area contributed by atoms with Crippen molar-refractivity contribution in [1.29, 1.82) is 0 Å². The molecule has 2 aromatic heterocycles. The maximum absolute atomic E-state index is 13.1. The number of methoxy groups -OCH3 is 2. The summed E-state index contributed by atoms with van der Waals surface area (Å²) in [5.74, 6) is 1.90. The third-order valence-electron chi connectivity index (χ3n) is 7.49. The Hall–Kier alpha value is -3.85. The van der Waals surface area contributed by atoms with Gasteiger partial charge in [-0.3, -0.25) is 9.78 Å². The Bertz CT molecular complexity index is 1250. The Kier molecular flexibility index (Phi) is 7.93. The number of amides is 1. The van der Waals surface area contributed by atoms with Crippen LogP contribution in [0.1, 0.15) is 41.7 Å². The highest BCUT2D eigenvalue weighted by Crippen LogP contribution is 2.32. The van der Waals surface area contributed by atoms with Gasteiger partial charge in [0.05, 0.1) is 14.2 Å². The van der Waals surface area contributed by atoms with E-state index in [0.717, 1.165) is 37.1 Å². The molecule has 9 nitrogen and oxygen atoms in total. The molecule has 2 N–H and O–H groups in total. The van der Waals surface area contributed by atoms with Crippen LogP contribution in [0.4, 0.5) is 5.82 Å². The second-order valence-corrected chi connectivity index (χ2v) is 9.73. The fraction of sp³-hybridized carbons (Fsp3) is 0.414. The first-order chi connectivity index (χ1) is 18.6. The molecule has 0 atom stereocenters. The molecule has 0 spiro atoms. The number of carbonyl (C=O) groups excluding carboxylic acids is 1. The molecular formula is C29H35N5O4. The molecule has 5 rings (SSSR count). The van der Waals surface area contributed by atoms with Gasteiger partial charge in [0.2, 0.25) is 0 Å². The van der Waals surface area contributed by atoms with E-state index in [1.807, 2.05) is 35.2 Å². The third-order valence-corrected chi connectivity index (χ3v) is 7.49. The molecule has 38 heavy (non-hydrogen) atoms. The molecule has 2 fully saturated rings. The molecule has 1 aromatic carbocycles. The number of anilines is 1. The second kappa shape index (κ2) is 11.7. The summed E-state index contributed by atoms with van der Waals surface area (Å²) in [6.45, 7) is 4.18. The zero-order valence-electron chi connectivity index (χ0n) is 22.1. The van der Waals surface area contributed by atoms with E-state index < -0.39 is 0 Å². The number of carbonyl (C=O) groups is 1. The van der Waals surface area contributed by atoms with Gasteiger partial charge >= 0.3 is 0 Å². The Labute approximate surface area is 223 Å². The van der Waals surface area contributed by atoms with E-state index in [1.54, 1.807) is 32.7 Å². The lowest BCUT2D eigenvalue weighted by Crippen LogP contribution is -2.45. The minimum atomic E-state index is 0.0932. The van der Waals surface area contributed by atoms with Crippen LogP contribution in [0.25, 0.3) is 11.1 Å². The number of nitrogens with two attached hydrogens (primary N) is 1. The predicted molar refractivity (Wildman–Crippen MR) is 145 cm³/mol. The van der Waals surface area contributed by atoms with E-state index in [9.17, 15) is 4.79 Å². The van der Waals surface area contributed by atoms with Crippen molar-refractivity contribution in [2.75, 3.05) is 46.1 Å². The number of aromatic nitrogens is 2. The summed E-state index contributed by atoms with van der Waals surface area (Å²) in [4.78, 5) is 26.4. The lowest BCUT2D eigenvalue weighted by molar-refractivity contribution is 0.0644. The molecule has 2 saturated heterocycles. The first kappa shape index (κ1) is 25.8. The number of hydrogen-bond acceptors (Lipinski definition) is 8. The van der Waals surface area contributed by atoms with E-state index in [4.69, 9.17) is 19.9 Å². The quantitative estimate of drug-likeness (QED) is 0.478. The molecule has 0 aliphatic carbocycles. The van der Waals surface area contributed by atoms with Crippen LogP contribution < -0.4 is 19.9 Å². The Morgan fingerprint density at radius 3 is 2.37 bits per heavy atom. The van der Waals surface area contributed by atoms with Crippen LogP contribution in [0.5, 0.6) is 17.2 Å². The number of rotatable bonds is 8. The summed E-state index contributed by atoms with van der Waals surface area (Å²) in [5, 5.41) is 0. The van der Waals surface area contributed by atoms with Crippen molar-refractivity contribution >= 4 is 11.7 Å². The zero-order chi connectivity index (χ0) is 26.5. The number of pyridine rings is 2. The lowest BCUT2D eigenvalue weighted by atomic mass is 10.0. The summed E-state index contributed by atoms with van der Waals surface area (Å²) >= 11 is 0. The highest BCUT2D eigenvalue weighted by molar-refractivity contribution is 5.94. The highest BCUT2D eigenvalue weighted by atomic mass is 16.5. The summed E-state index contributed by atoms with van der Waals surface area (Å²) in [6.07, 6.45) is 8.05. The van der Waals surface area contributed by atoms with Gasteiger partial charge in [-0.2, -0.15) is 0 Å². The van der Waals surface area contributed by atoms with E-state index in [-0.39, 0.29) is 18.3 Å². The van der Waals surface area contributed by atoms with Gasteiger partial charge in [-0.25, -0.2) is 4.98 Å². The second-order valence-electron chi connectivity index (χ2n) is 9.73. The first-order valence-electron chi connectivity index (χ1n) is 13.2. The van der Waals surface area contributed by atoms with Crippen molar-refractivity contribution < 1.29 is 19.0 Å². The average molecular weight is 518 g/mol. The molecule has 4 heterocycles. The van der Waals surface area contributed by atoms with E-state index in [1.165, 1.54) is 25.9 Å². The molecule has 0 saturated carbocycles. The molecule has 2 aliphatic rings. The predicted octanol–water partition coefficient (Wildman–Crippen LogP) is 4.02. The third kappa shape index (κ3) is 5.52. The maximum atomic E-state index is 13.1. The van der Waals surface area contributed by atoms with Crippen molar-refractivity contribution in [2.24, 2.45) is 0 Å². The van der Waals surface area contributed by atoms with Gasteiger partial charge in [0.15, 0.2) is 23.1 Å². The number of piperidine rings is 1. The van der Waals surface area contributed by atoms with Crippen molar-refractivity contribution in [3.8, 4) is 28.4 Å². The molecule has 2 aliphatic heterocycles. The molecule has 1 amide bonds. The van der Waals surface area contributed by atoms with Crippen LogP contribution in [0.2, 0.25) is 0 Å². The fourth-order valence-electron chi connectivity index (χ4n) is 5.36. The van der Waals surface area contributed by atoms with Crippen molar-refractivity contribution in [2.45, 2.75) is 38.3 Å². The Balaban J connectivity index is 1.23.